The Labute approximate surface area is 96.0 Å². The van der Waals surface area contributed by atoms with Gasteiger partial charge in [0.2, 0.25) is 5.91 Å². The summed E-state index contributed by atoms with van der Waals surface area (Å²) >= 11 is 5.63. The number of nitrogens with zero attached hydrogens (tertiary/aromatic N) is 2. The number of likely N-dealkylation sites (N-methyl/N-ethyl adjacent to an activating group) is 1. The first kappa shape index (κ1) is 12.4. The molecule has 1 aromatic rings. The minimum atomic E-state index is -0.680. The van der Waals surface area contributed by atoms with Gasteiger partial charge in [0, 0.05) is 7.05 Å². The quantitative estimate of drug-likeness (QED) is 0.785. The van der Waals surface area contributed by atoms with Crippen LogP contribution in [0.3, 0.4) is 0 Å². The Morgan fingerprint density at radius 1 is 1.62 bits per heavy atom. The number of primary amides is 1. The molecule has 2 N–H and O–H groups in total. The van der Waals surface area contributed by atoms with Crippen LogP contribution in [0.15, 0.2) is 12.3 Å². The Morgan fingerprint density at radius 2 is 2.25 bits per heavy atom. The van der Waals surface area contributed by atoms with Crippen LogP contribution < -0.4 is 5.73 Å². The van der Waals surface area contributed by atoms with Gasteiger partial charge in [-0.25, -0.2) is 9.37 Å². The smallest absolute Gasteiger partial charge is 0.257 e. The van der Waals surface area contributed by atoms with Crippen LogP contribution in [0.4, 0.5) is 4.39 Å². The summed E-state index contributed by atoms with van der Waals surface area (Å²) < 4.78 is 12.8. The minimum absolute atomic E-state index is 0.106. The molecular formula is C9H9ClFN3O2. The van der Waals surface area contributed by atoms with Gasteiger partial charge in [0.25, 0.3) is 5.91 Å². The van der Waals surface area contributed by atoms with Gasteiger partial charge in [0.15, 0.2) is 0 Å². The number of hydrogen-bond donors (Lipinski definition) is 1. The van der Waals surface area contributed by atoms with Gasteiger partial charge in [0.1, 0.15) is 11.0 Å². The van der Waals surface area contributed by atoms with E-state index in [1.807, 2.05) is 0 Å². The lowest BCUT2D eigenvalue weighted by Crippen LogP contribution is -2.35. The summed E-state index contributed by atoms with van der Waals surface area (Å²) in [6.45, 7) is -0.272. The van der Waals surface area contributed by atoms with Gasteiger partial charge in [-0.15, -0.1) is 0 Å². The molecule has 0 aliphatic carbocycles. The van der Waals surface area contributed by atoms with Crippen molar-refractivity contribution < 1.29 is 14.0 Å². The van der Waals surface area contributed by atoms with Crippen molar-refractivity contribution in [1.29, 1.82) is 0 Å². The molecule has 0 spiro atoms. The zero-order chi connectivity index (χ0) is 12.3. The number of amides is 2. The van der Waals surface area contributed by atoms with E-state index in [1.54, 1.807) is 0 Å². The maximum atomic E-state index is 12.8. The number of carbonyl (C=O) groups is 2. The molecule has 5 nitrogen and oxygen atoms in total. The molecular weight excluding hydrogens is 237 g/mol. The topological polar surface area (TPSA) is 76.3 Å². The number of nitrogens with two attached hydrogens (primary N) is 1. The molecule has 2 amide bonds. The van der Waals surface area contributed by atoms with Crippen LogP contribution in [-0.4, -0.2) is 35.3 Å². The Balaban J connectivity index is 2.95. The summed E-state index contributed by atoms with van der Waals surface area (Å²) in [6, 6.07) is 0.954. The molecule has 0 bridgehead atoms. The molecule has 0 saturated heterocycles. The number of pyridine rings is 1. The third-order valence-corrected chi connectivity index (χ3v) is 2.08. The van der Waals surface area contributed by atoms with E-state index in [0.717, 1.165) is 17.2 Å². The number of rotatable bonds is 3. The normalized spacial score (nSPS) is 9.94. The Morgan fingerprint density at radius 3 is 2.81 bits per heavy atom. The standard InChI is InChI=1S/C9H9ClFN3O2/c1-14(4-7(12)15)9(16)6-2-5(11)3-13-8(6)10/h2-3H,4H2,1H3,(H2,12,15). The van der Waals surface area contributed by atoms with Gasteiger partial charge < -0.3 is 10.6 Å². The molecule has 7 heteroatoms. The van der Waals surface area contributed by atoms with E-state index in [-0.39, 0.29) is 17.3 Å². The second-order valence-electron chi connectivity index (χ2n) is 3.12. The predicted octanol–water partition coefficient (Wildman–Crippen LogP) is 0.431. The third kappa shape index (κ3) is 2.90. The minimum Gasteiger partial charge on any atom is -0.368 e. The van der Waals surface area contributed by atoms with Crippen LogP contribution in [0.5, 0.6) is 0 Å². The fourth-order valence-electron chi connectivity index (χ4n) is 1.08. The third-order valence-electron chi connectivity index (χ3n) is 1.78. The van der Waals surface area contributed by atoms with Gasteiger partial charge in [0.05, 0.1) is 18.3 Å². The molecule has 16 heavy (non-hydrogen) atoms. The second-order valence-corrected chi connectivity index (χ2v) is 3.48. The predicted molar refractivity (Wildman–Crippen MR) is 55.4 cm³/mol. The SMILES string of the molecule is CN(CC(N)=O)C(=O)c1cc(F)cnc1Cl. The molecule has 86 valence electrons. The highest BCUT2D eigenvalue weighted by Crippen LogP contribution is 2.15. The van der Waals surface area contributed by atoms with Crippen LogP contribution in [0.25, 0.3) is 0 Å². The number of halogens is 2. The highest BCUT2D eigenvalue weighted by Gasteiger charge is 2.18. The molecule has 0 saturated carbocycles. The summed E-state index contributed by atoms with van der Waals surface area (Å²) in [4.78, 5) is 26.8. The van der Waals surface area contributed by atoms with E-state index in [4.69, 9.17) is 17.3 Å². The highest BCUT2D eigenvalue weighted by atomic mass is 35.5. The number of carbonyl (C=O) groups excluding carboxylic acids is 2. The molecule has 1 heterocycles. The summed E-state index contributed by atoms with van der Waals surface area (Å²) in [7, 11) is 1.36. The molecule has 1 rings (SSSR count). The number of aromatic nitrogens is 1. The van der Waals surface area contributed by atoms with Crippen LogP contribution in [0, 0.1) is 5.82 Å². The van der Waals surface area contributed by atoms with Crippen molar-refractivity contribution in [3.05, 3.63) is 28.8 Å². The number of hydrogen-bond acceptors (Lipinski definition) is 3. The Kier molecular flexibility index (Phi) is 3.78. The maximum absolute atomic E-state index is 12.8. The van der Waals surface area contributed by atoms with Crippen LogP contribution >= 0.6 is 11.6 Å². The molecule has 0 atom stereocenters. The maximum Gasteiger partial charge on any atom is 0.257 e. The summed E-state index contributed by atoms with van der Waals surface area (Å²) in [5.41, 5.74) is 4.82. The highest BCUT2D eigenvalue weighted by molar-refractivity contribution is 6.32. The van der Waals surface area contributed by atoms with Gasteiger partial charge in [-0.3, -0.25) is 9.59 Å². The van der Waals surface area contributed by atoms with Gasteiger partial charge in [-0.2, -0.15) is 0 Å². The zero-order valence-corrected chi connectivity index (χ0v) is 9.16. The van der Waals surface area contributed by atoms with Crippen molar-refractivity contribution in [2.75, 3.05) is 13.6 Å². The molecule has 0 radical (unpaired) electrons. The van der Waals surface area contributed by atoms with Crippen molar-refractivity contribution >= 4 is 23.4 Å². The molecule has 0 aliphatic heterocycles. The molecule has 1 aromatic heterocycles. The van der Waals surface area contributed by atoms with Crippen LogP contribution in [0.1, 0.15) is 10.4 Å². The van der Waals surface area contributed by atoms with Crippen LogP contribution in [-0.2, 0) is 4.79 Å². The van der Waals surface area contributed by atoms with E-state index >= 15 is 0 Å². The van der Waals surface area contributed by atoms with Crippen LogP contribution in [0.2, 0.25) is 5.15 Å². The van der Waals surface area contributed by atoms with Gasteiger partial charge in [-0.05, 0) is 6.07 Å². The van der Waals surface area contributed by atoms with Crippen molar-refractivity contribution in [2.45, 2.75) is 0 Å². The first-order valence-electron chi connectivity index (χ1n) is 4.26. The molecule has 0 aliphatic rings. The van der Waals surface area contributed by atoms with Crippen molar-refractivity contribution in [3.8, 4) is 0 Å². The second kappa shape index (κ2) is 4.89. The van der Waals surface area contributed by atoms with E-state index < -0.39 is 17.6 Å². The van der Waals surface area contributed by atoms with E-state index in [1.165, 1.54) is 7.05 Å². The Hall–Kier alpha value is -1.69. The van der Waals surface area contributed by atoms with Gasteiger partial charge in [-0.1, -0.05) is 11.6 Å². The van der Waals surface area contributed by atoms with E-state index in [9.17, 15) is 14.0 Å². The largest absolute Gasteiger partial charge is 0.368 e. The first-order valence-corrected chi connectivity index (χ1v) is 4.64. The van der Waals surface area contributed by atoms with E-state index in [0.29, 0.717) is 0 Å². The molecule has 0 fully saturated rings. The van der Waals surface area contributed by atoms with Crippen molar-refractivity contribution in [3.63, 3.8) is 0 Å². The van der Waals surface area contributed by atoms with Crippen molar-refractivity contribution in [2.24, 2.45) is 5.73 Å². The first-order chi connectivity index (χ1) is 7.41. The lowest BCUT2D eigenvalue weighted by Gasteiger charge is -2.15. The molecule has 0 aromatic carbocycles. The monoisotopic (exact) mass is 245 g/mol. The van der Waals surface area contributed by atoms with Crippen molar-refractivity contribution in [1.82, 2.24) is 9.88 Å². The lowest BCUT2D eigenvalue weighted by molar-refractivity contribution is -0.118. The van der Waals surface area contributed by atoms with E-state index in [2.05, 4.69) is 4.98 Å². The van der Waals surface area contributed by atoms with Gasteiger partial charge >= 0.3 is 0 Å². The lowest BCUT2D eigenvalue weighted by atomic mass is 10.2. The molecule has 0 unspecified atom stereocenters. The Bertz CT molecular complexity index is 439. The zero-order valence-electron chi connectivity index (χ0n) is 8.41. The summed E-state index contributed by atoms with van der Waals surface area (Å²) in [6.07, 6.45) is 0.896. The fourth-order valence-corrected chi connectivity index (χ4v) is 1.27. The summed E-state index contributed by atoms with van der Waals surface area (Å²) in [5, 5.41) is -0.122. The average molecular weight is 246 g/mol. The fraction of sp³-hybridized carbons (Fsp3) is 0.222. The summed E-state index contributed by atoms with van der Waals surface area (Å²) in [5.74, 6) is -1.97. The average Bonchev–Trinajstić information content (AvgIpc) is 2.19.